The molecule has 0 saturated carbocycles. The van der Waals surface area contributed by atoms with Crippen molar-refractivity contribution in [3.63, 3.8) is 0 Å². The molecule has 1 aromatic heterocycles. The summed E-state index contributed by atoms with van der Waals surface area (Å²) < 4.78 is 1.63. The first kappa shape index (κ1) is 15.9. The second-order valence-electron chi connectivity index (χ2n) is 4.82. The van der Waals surface area contributed by atoms with Crippen molar-refractivity contribution < 1.29 is 4.79 Å². The maximum absolute atomic E-state index is 12.1. The van der Waals surface area contributed by atoms with Crippen LogP contribution in [0, 0.1) is 6.92 Å². The third-order valence-corrected chi connectivity index (χ3v) is 3.97. The average Bonchev–Trinajstić information content (AvgIpc) is 2.85. The fraction of sp³-hybridized carbons (Fsp3) is 0.333. The van der Waals surface area contributed by atoms with Crippen molar-refractivity contribution in [2.45, 2.75) is 33.9 Å². The first-order valence-electron chi connectivity index (χ1n) is 6.68. The van der Waals surface area contributed by atoms with E-state index in [0.29, 0.717) is 16.7 Å². The quantitative estimate of drug-likeness (QED) is 0.849. The van der Waals surface area contributed by atoms with Gasteiger partial charge < -0.3 is 0 Å². The maximum Gasteiger partial charge on any atom is 0.225 e. The van der Waals surface area contributed by atoms with E-state index in [1.807, 2.05) is 19.1 Å². The zero-order valence-electron chi connectivity index (χ0n) is 12.2. The van der Waals surface area contributed by atoms with Crippen LogP contribution in [0.25, 0.3) is 0 Å². The number of anilines is 1. The number of carbonyl (C=O) groups excluding carboxylic acids is 1. The number of nitrogens with zero attached hydrogens (tertiary/aromatic N) is 3. The van der Waals surface area contributed by atoms with Gasteiger partial charge in [0.05, 0.1) is 16.9 Å². The summed E-state index contributed by atoms with van der Waals surface area (Å²) in [6.45, 7) is 5.80. The SMILES string of the molecule is CCc1ccc(Cl)c(C)c1N(Cn1cc(Cl)cn1)C(C)=O. The van der Waals surface area contributed by atoms with Crippen molar-refractivity contribution in [1.29, 1.82) is 0 Å². The molecule has 1 amide bonds. The Bertz CT molecular complexity index is 667. The van der Waals surface area contributed by atoms with Crippen LogP contribution in [0.5, 0.6) is 0 Å². The summed E-state index contributed by atoms with van der Waals surface area (Å²) in [7, 11) is 0. The molecule has 0 fully saturated rings. The summed E-state index contributed by atoms with van der Waals surface area (Å²) in [5, 5.41) is 5.31. The van der Waals surface area contributed by atoms with Gasteiger partial charge in [0.15, 0.2) is 0 Å². The summed E-state index contributed by atoms with van der Waals surface area (Å²) >= 11 is 12.1. The molecule has 21 heavy (non-hydrogen) atoms. The van der Waals surface area contributed by atoms with E-state index >= 15 is 0 Å². The maximum atomic E-state index is 12.1. The van der Waals surface area contributed by atoms with E-state index in [4.69, 9.17) is 23.2 Å². The molecule has 0 radical (unpaired) electrons. The Balaban J connectivity index is 2.47. The zero-order chi connectivity index (χ0) is 15.6. The topological polar surface area (TPSA) is 38.1 Å². The van der Waals surface area contributed by atoms with Crippen LogP contribution in [0.15, 0.2) is 24.5 Å². The lowest BCUT2D eigenvalue weighted by molar-refractivity contribution is -0.117. The van der Waals surface area contributed by atoms with Gasteiger partial charge in [-0.1, -0.05) is 36.2 Å². The molecule has 112 valence electrons. The monoisotopic (exact) mass is 325 g/mol. The minimum absolute atomic E-state index is 0.0679. The molecule has 1 heterocycles. The number of amides is 1. The van der Waals surface area contributed by atoms with E-state index in [1.165, 1.54) is 6.92 Å². The van der Waals surface area contributed by atoms with Crippen molar-refractivity contribution >= 4 is 34.8 Å². The normalized spacial score (nSPS) is 10.7. The Labute approximate surface area is 134 Å². The predicted molar refractivity (Wildman–Crippen MR) is 86.0 cm³/mol. The zero-order valence-corrected chi connectivity index (χ0v) is 13.7. The van der Waals surface area contributed by atoms with Crippen molar-refractivity contribution in [3.8, 4) is 0 Å². The van der Waals surface area contributed by atoms with Crippen LogP contribution in [0.4, 0.5) is 5.69 Å². The highest BCUT2D eigenvalue weighted by atomic mass is 35.5. The van der Waals surface area contributed by atoms with Gasteiger partial charge in [-0.15, -0.1) is 0 Å². The van der Waals surface area contributed by atoms with Crippen molar-refractivity contribution in [2.75, 3.05) is 4.90 Å². The molecule has 2 rings (SSSR count). The Morgan fingerprint density at radius 1 is 1.38 bits per heavy atom. The van der Waals surface area contributed by atoms with E-state index in [0.717, 1.165) is 23.2 Å². The Morgan fingerprint density at radius 2 is 2.10 bits per heavy atom. The molecule has 0 spiro atoms. The molecule has 0 unspecified atom stereocenters. The number of carbonyl (C=O) groups is 1. The smallest absolute Gasteiger partial charge is 0.225 e. The molecule has 0 bridgehead atoms. The van der Waals surface area contributed by atoms with E-state index in [1.54, 1.807) is 22.0 Å². The summed E-state index contributed by atoms with van der Waals surface area (Å²) in [6, 6.07) is 3.82. The van der Waals surface area contributed by atoms with Crippen LogP contribution in [-0.4, -0.2) is 15.7 Å². The molecule has 0 aliphatic heterocycles. The summed E-state index contributed by atoms with van der Waals surface area (Å²) in [6.07, 6.45) is 4.05. The number of halogens is 2. The standard InChI is InChI=1S/C15H17Cl2N3O/c1-4-12-5-6-14(17)10(2)15(12)20(11(3)21)9-19-8-13(16)7-18-19/h5-8H,4,9H2,1-3H3. The van der Waals surface area contributed by atoms with Crippen molar-refractivity contribution in [1.82, 2.24) is 9.78 Å². The minimum atomic E-state index is -0.0679. The molecule has 2 aromatic rings. The fourth-order valence-corrected chi connectivity index (χ4v) is 2.59. The fourth-order valence-electron chi connectivity index (χ4n) is 2.28. The number of aromatic nitrogens is 2. The molecule has 0 saturated heterocycles. The van der Waals surface area contributed by atoms with Gasteiger partial charge in [0.2, 0.25) is 5.91 Å². The average molecular weight is 326 g/mol. The minimum Gasteiger partial charge on any atom is -0.292 e. The van der Waals surface area contributed by atoms with Gasteiger partial charge in [-0.05, 0) is 30.5 Å². The van der Waals surface area contributed by atoms with Crippen LogP contribution in [0.3, 0.4) is 0 Å². The third-order valence-electron chi connectivity index (χ3n) is 3.37. The number of benzene rings is 1. The summed E-state index contributed by atoms with van der Waals surface area (Å²) in [5.74, 6) is -0.0679. The molecular weight excluding hydrogens is 309 g/mol. The second-order valence-corrected chi connectivity index (χ2v) is 5.66. The molecule has 0 N–H and O–H groups in total. The van der Waals surface area contributed by atoms with Crippen LogP contribution >= 0.6 is 23.2 Å². The Kier molecular flexibility index (Phi) is 4.91. The molecule has 0 aliphatic rings. The predicted octanol–water partition coefficient (Wildman–Crippen LogP) is 4.07. The first-order valence-corrected chi connectivity index (χ1v) is 7.43. The molecule has 1 aromatic carbocycles. The van der Waals surface area contributed by atoms with Crippen LogP contribution < -0.4 is 4.90 Å². The van der Waals surface area contributed by atoms with Crippen LogP contribution in [0.2, 0.25) is 10.0 Å². The van der Waals surface area contributed by atoms with Crippen molar-refractivity contribution in [2.24, 2.45) is 0 Å². The van der Waals surface area contributed by atoms with Gasteiger partial charge in [-0.2, -0.15) is 5.10 Å². The highest BCUT2D eigenvalue weighted by molar-refractivity contribution is 6.32. The summed E-state index contributed by atoms with van der Waals surface area (Å²) in [4.78, 5) is 13.8. The first-order chi connectivity index (χ1) is 9.93. The van der Waals surface area contributed by atoms with Crippen LogP contribution in [-0.2, 0) is 17.9 Å². The number of rotatable bonds is 4. The molecule has 0 atom stereocenters. The Morgan fingerprint density at radius 3 is 2.62 bits per heavy atom. The van der Waals surface area contributed by atoms with Gasteiger partial charge >= 0.3 is 0 Å². The van der Waals surface area contributed by atoms with E-state index < -0.39 is 0 Å². The van der Waals surface area contributed by atoms with E-state index in [-0.39, 0.29) is 5.91 Å². The van der Waals surface area contributed by atoms with Gasteiger partial charge in [-0.3, -0.25) is 14.4 Å². The third kappa shape index (κ3) is 3.39. The molecule has 4 nitrogen and oxygen atoms in total. The van der Waals surface area contributed by atoms with E-state index in [9.17, 15) is 4.79 Å². The largest absolute Gasteiger partial charge is 0.292 e. The lowest BCUT2D eigenvalue weighted by atomic mass is 10.0. The highest BCUT2D eigenvalue weighted by Crippen LogP contribution is 2.32. The van der Waals surface area contributed by atoms with Gasteiger partial charge in [-0.25, -0.2) is 0 Å². The lowest BCUT2D eigenvalue weighted by Crippen LogP contribution is -2.32. The van der Waals surface area contributed by atoms with Gasteiger partial charge in [0, 0.05) is 18.1 Å². The van der Waals surface area contributed by atoms with E-state index in [2.05, 4.69) is 12.0 Å². The summed E-state index contributed by atoms with van der Waals surface area (Å²) in [5.41, 5.74) is 2.82. The van der Waals surface area contributed by atoms with Gasteiger partial charge in [0.25, 0.3) is 0 Å². The van der Waals surface area contributed by atoms with Crippen molar-refractivity contribution in [3.05, 3.63) is 45.7 Å². The highest BCUT2D eigenvalue weighted by Gasteiger charge is 2.19. The molecule has 6 heteroatoms. The Hall–Kier alpha value is -1.52. The molecular formula is C15H17Cl2N3O. The molecule has 0 aliphatic carbocycles. The lowest BCUT2D eigenvalue weighted by Gasteiger charge is -2.26. The van der Waals surface area contributed by atoms with Gasteiger partial charge in [0.1, 0.15) is 6.67 Å². The van der Waals surface area contributed by atoms with Crippen LogP contribution in [0.1, 0.15) is 25.0 Å². The second kappa shape index (κ2) is 6.50. The number of hydrogen-bond acceptors (Lipinski definition) is 2. The number of hydrogen-bond donors (Lipinski definition) is 0. The number of aryl methyl sites for hydroxylation is 1.